The molecule has 0 amide bonds. The van der Waals surface area contributed by atoms with Crippen molar-refractivity contribution in [1.82, 2.24) is 9.78 Å². The molecule has 0 radical (unpaired) electrons. The van der Waals surface area contributed by atoms with E-state index in [0.717, 1.165) is 37.4 Å². The molecule has 3 rings (SSSR count). The summed E-state index contributed by atoms with van der Waals surface area (Å²) >= 11 is 0. The van der Waals surface area contributed by atoms with E-state index in [1.807, 2.05) is 19.1 Å². The summed E-state index contributed by atoms with van der Waals surface area (Å²) in [5.74, 6) is 0.407. The van der Waals surface area contributed by atoms with Crippen molar-refractivity contribution in [2.45, 2.75) is 25.8 Å². The SMILES string of the molecule is Cc1nn(-c2ccc(C#N)c(NC3CCOCC3)c2)c(N)c1N. The van der Waals surface area contributed by atoms with Crippen molar-refractivity contribution in [1.29, 1.82) is 5.26 Å². The number of nitrogen functional groups attached to an aromatic ring is 2. The zero-order chi connectivity index (χ0) is 16.4. The van der Waals surface area contributed by atoms with Gasteiger partial charge in [0.1, 0.15) is 6.07 Å². The lowest BCUT2D eigenvalue weighted by atomic mass is 10.1. The number of rotatable bonds is 3. The Morgan fingerprint density at radius 1 is 1.35 bits per heavy atom. The lowest BCUT2D eigenvalue weighted by Crippen LogP contribution is -2.28. The molecule has 7 heteroatoms. The first-order chi connectivity index (χ1) is 11.1. The van der Waals surface area contributed by atoms with Gasteiger partial charge in [-0.3, -0.25) is 0 Å². The Hall–Kier alpha value is -2.72. The second kappa shape index (κ2) is 6.18. The van der Waals surface area contributed by atoms with Gasteiger partial charge in [0.05, 0.1) is 28.3 Å². The molecule has 1 aromatic carbocycles. The van der Waals surface area contributed by atoms with E-state index >= 15 is 0 Å². The van der Waals surface area contributed by atoms with E-state index in [1.54, 1.807) is 10.7 Å². The summed E-state index contributed by atoms with van der Waals surface area (Å²) < 4.78 is 6.97. The number of hydrogen-bond donors (Lipinski definition) is 3. The van der Waals surface area contributed by atoms with Gasteiger partial charge in [-0.25, -0.2) is 4.68 Å². The van der Waals surface area contributed by atoms with Gasteiger partial charge in [-0.05, 0) is 38.0 Å². The molecule has 1 aliphatic heterocycles. The number of benzene rings is 1. The molecule has 0 spiro atoms. The quantitative estimate of drug-likeness (QED) is 0.796. The standard InChI is InChI=1S/C16H20N6O/c1-10-15(18)16(19)22(21-10)13-3-2-11(9-17)14(8-13)20-12-4-6-23-7-5-12/h2-3,8,12,20H,4-7,18-19H2,1H3. The number of anilines is 3. The molecule has 0 bridgehead atoms. The van der Waals surface area contributed by atoms with Gasteiger partial charge in [0.15, 0.2) is 5.82 Å². The Labute approximate surface area is 134 Å². The normalized spacial score (nSPS) is 15.3. The summed E-state index contributed by atoms with van der Waals surface area (Å²) in [6.07, 6.45) is 1.84. The van der Waals surface area contributed by atoms with Gasteiger partial charge in [0, 0.05) is 19.3 Å². The van der Waals surface area contributed by atoms with Gasteiger partial charge in [-0.15, -0.1) is 0 Å². The van der Waals surface area contributed by atoms with Crippen LogP contribution >= 0.6 is 0 Å². The molecule has 0 saturated carbocycles. The van der Waals surface area contributed by atoms with Gasteiger partial charge in [0.25, 0.3) is 0 Å². The maximum atomic E-state index is 9.33. The number of ether oxygens (including phenoxy) is 1. The molecule has 23 heavy (non-hydrogen) atoms. The Balaban J connectivity index is 1.95. The van der Waals surface area contributed by atoms with Crippen LogP contribution in [0.5, 0.6) is 0 Å². The summed E-state index contributed by atoms with van der Waals surface area (Å²) in [4.78, 5) is 0. The first-order valence-corrected chi connectivity index (χ1v) is 7.59. The topological polar surface area (TPSA) is 115 Å². The maximum absolute atomic E-state index is 9.33. The van der Waals surface area contributed by atoms with Crippen molar-refractivity contribution in [2.24, 2.45) is 0 Å². The molecule has 1 aliphatic rings. The van der Waals surface area contributed by atoms with E-state index in [0.29, 0.717) is 28.8 Å². The molecule has 5 N–H and O–H groups in total. The van der Waals surface area contributed by atoms with Gasteiger partial charge in [-0.1, -0.05) is 0 Å². The second-order valence-corrected chi connectivity index (χ2v) is 5.67. The fourth-order valence-corrected chi connectivity index (χ4v) is 2.70. The zero-order valence-electron chi connectivity index (χ0n) is 13.0. The number of aromatic nitrogens is 2. The third-order valence-corrected chi connectivity index (χ3v) is 4.09. The Kier molecular flexibility index (Phi) is 4.08. The number of nitrogens with two attached hydrogens (primary N) is 2. The second-order valence-electron chi connectivity index (χ2n) is 5.67. The van der Waals surface area contributed by atoms with Crippen LogP contribution in [0.2, 0.25) is 0 Å². The van der Waals surface area contributed by atoms with E-state index in [-0.39, 0.29) is 0 Å². The van der Waals surface area contributed by atoms with Crippen LogP contribution in [0, 0.1) is 18.3 Å². The average molecular weight is 312 g/mol. The summed E-state index contributed by atoms with van der Waals surface area (Å²) in [5, 5.41) is 17.1. The number of hydrogen-bond acceptors (Lipinski definition) is 6. The van der Waals surface area contributed by atoms with Gasteiger partial charge < -0.3 is 21.5 Å². The molecular weight excluding hydrogens is 292 g/mol. The molecule has 0 aliphatic carbocycles. The van der Waals surface area contributed by atoms with Crippen LogP contribution in [-0.4, -0.2) is 29.0 Å². The Morgan fingerprint density at radius 3 is 2.70 bits per heavy atom. The lowest BCUT2D eigenvalue weighted by Gasteiger charge is -2.24. The minimum atomic E-state index is 0.299. The highest BCUT2D eigenvalue weighted by molar-refractivity contribution is 5.68. The van der Waals surface area contributed by atoms with Crippen molar-refractivity contribution in [3.8, 4) is 11.8 Å². The third-order valence-electron chi connectivity index (χ3n) is 4.09. The van der Waals surface area contributed by atoms with Gasteiger partial charge in [0.2, 0.25) is 0 Å². The lowest BCUT2D eigenvalue weighted by molar-refractivity contribution is 0.0904. The number of nitrogens with zero attached hydrogens (tertiary/aromatic N) is 3. The first-order valence-electron chi connectivity index (χ1n) is 7.59. The van der Waals surface area contributed by atoms with Crippen molar-refractivity contribution in [2.75, 3.05) is 30.0 Å². The van der Waals surface area contributed by atoms with Crippen molar-refractivity contribution in [3.05, 3.63) is 29.5 Å². The molecular formula is C16H20N6O. The molecule has 1 fully saturated rings. The minimum absolute atomic E-state index is 0.299. The molecule has 0 unspecified atom stereocenters. The highest BCUT2D eigenvalue weighted by atomic mass is 16.5. The smallest absolute Gasteiger partial charge is 0.150 e. The van der Waals surface area contributed by atoms with Crippen LogP contribution in [0.1, 0.15) is 24.1 Å². The predicted molar refractivity (Wildman–Crippen MR) is 89.3 cm³/mol. The summed E-state index contributed by atoms with van der Waals surface area (Å²) in [5.41, 5.74) is 15.2. The van der Waals surface area contributed by atoms with Crippen molar-refractivity contribution >= 4 is 17.2 Å². The third kappa shape index (κ3) is 2.94. The zero-order valence-corrected chi connectivity index (χ0v) is 13.0. The van der Waals surface area contributed by atoms with Gasteiger partial charge in [-0.2, -0.15) is 10.4 Å². The van der Waals surface area contributed by atoms with Crippen molar-refractivity contribution < 1.29 is 4.74 Å². The van der Waals surface area contributed by atoms with Crippen LogP contribution in [0.15, 0.2) is 18.2 Å². The minimum Gasteiger partial charge on any atom is -0.394 e. The van der Waals surface area contributed by atoms with Crippen LogP contribution in [0.25, 0.3) is 5.69 Å². The summed E-state index contributed by atoms with van der Waals surface area (Å²) in [6.45, 7) is 3.29. The van der Waals surface area contributed by atoms with E-state index in [9.17, 15) is 5.26 Å². The summed E-state index contributed by atoms with van der Waals surface area (Å²) in [7, 11) is 0. The largest absolute Gasteiger partial charge is 0.394 e. The van der Waals surface area contributed by atoms with E-state index in [2.05, 4.69) is 16.5 Å². The summed E-state index contributed by atoms with van der Waals surface area (Å²) in [6, 6.07) is 7.98. The highest BCUT2D eigenvalue weighted by Gasteiger charge is 2.17. The molecule has 7 nitrogen and oxygen atoms in total. The monoisotopic (exact) mass is 312 g/mol. The molecule has 120 valence electrons. The fourth-order valence-electron chi connectivity index (χ4n) is 2.70. The van der Waals surface area contributed by atoms with Crippen LogP contribution in [-0.2, 0) is 4.74 Å². The predicted octanol–water partition coefficient (Wildman–Crippen LogP) is 1.81. The highest BCUT2D eigenvalue weighted by Crippen LogP contribution is 2.27. The first kappa shape index (κ1) is 15.2. The van der Waals surface area contributed by atoms with Crippen LogP contribution in [0.3, 0.4) is 0 Å². The molecule has 1 aromatic heterocycles. The van der Waals surface area contributed by atoms with E-state index in [1.165, 1.54) is 0 Å². The maximum Gasteiger partial charge on any atom is 0.150 e. The number of nitriles is 1. The average Bonchev–Trinajstić information content (AvgIpc) is 2.83. The van der Waals surface area contributed by atoms with E-state index in [4.69, 9.17) is 16.2 Å². The van der Waals surface area contributed by atoms with Crippen molar-refractivity contribution in [3.63, 3.8) is 0 Å². The molecule has 1 saturated heterocycles. The fraction of sp³-hybridized carbons (Fsp3) is 0.375. The Bertz CT molecular complexity index is 755. The Morgan fingerprint density at radius 2 is 2.09 bits per heavy atom. The molecule has 0 atom stereocenters. The number of nitrogens with one attached hydrogen (secondary N) is 1. The molecule has 2 aromatic rings. The van der Waals surface area contributed by atoms with E-state index < -0.39 is 0 Å². The van der Waals surface area contributed by atoms with Crippen LogP contribution < -0.4 is 16.8 Å². The number of aryl methyl sites for hydroxylation is 1. The van der Waals surface area contributed by atoms with Gasteiger partial charge >= 0.3 is 0 Å². The van der Waals surface area contributed by atoms with Crippen LogP contribution in [0.4, 0.5) is 17.2 Å². The molecule has 2 heterocycles.